The van der Waals surface area contributed by atoms with Gasteiger partial charge in [-0.15, -0.1) is 0 Å². The molecule has 4 nitrogen and oxygen atoms in total. The number of aryl methyl sites for hydroxylation is 1. The fourth-order valence-electron chi connectivity index (χ4n) is 1.51. The lowest BCUT2D eigenvalue weighted by molar-refractivity contribution is -0.708. The van der Waals surface area contributed by atoms with E-state index < -0.39 is 0 Å². The van der Waals surface area contributed by atoms with Crippen molar-refractivity contribution in [3.63, 3.8) is 0 Å². The zero-order chi connectivity index (χ0) is 11.1. The van der Waals surface area contributed by atoms with Gasteiger partial charge in [-0.1, -0.05) is 6.07 Å². The van der Waals surface area contributed by atoms with Crippen LogP contribution in [0.2, 0.25) is 0 Å². The first-order valence-corrected chi connectivity index (χ1v) is 5.28. The summed E-state index contributed by atoms with van der Waals surface area (Å²) in [6.07, 6.45) is 4.58. The Morgan fingerprint density at radius 2 is 2.07 bits per heavy atom. The summed E-state index contributed by atoms with van der Waals surface area (Å²) in [7, 11) is 0. The van der Waals surface area contributed by atoms with E-state index in [1.807, 2.05) is 4.57 Å². The summed E-state index contributed by atoms with van der Waals surface area (Å²) in [5.74, 6) is -0.0222. The van der Waals surface area contributed by atoms with Crippen molar-refractivity contribution in [2.45, 2.75) is 32.4 Å². The third kappa shape index (κ3) is 3.85. The number of pyridine rings is 1. The van der Waals surface area contributed by atoms with E-state index >= 15 is 0 Å². The molecule has 0 fully saturated rings. The third-order valence-electron chi connectivity index (χ3n) is 2.36. The maximum Gasteiger partial charge on any atom is 0.206 e. The molecule has 4 heteroatoms. The molecular formula is C11H18N2O2. The summed E-state index contributed by atoms with van der Waals surface area (Å²) < 4.78 is 1.82. The highest BCUT2D eigenvalue weighted by Crippen LogP contribution is 2.02. The van der Waals surface area contributed by atoms with Crippen LogP contribution in [-0.4, -0.2) is 11.7 Å². The second-order valence-electron chi connectivity index (χ2n) is 3.56. The lowest BCUT2D eigenvalue weighted by atomic mass is 10.2. The van der Waals surface area contributed by atoms with Crippen LogP contribution in [0.1, 0.15) is 25.0 Å². The molecule has 0 aliphatic heterocycles. The number of aliphatic hydroxyl groups excluding tert-OH is 1. The maximum absolute atomic E-state index is 11.1. The molecule has 84 valence electrons. The van der Waals surface area contributed by atoms with E-state index in [4.69, 9.17) is 10.8 Å². The number of aliphatic hydroxyl groups is 1. The molecule has 0 unspecified atom stereocenters. The fourth-order valence-corrected chi connectivity index (χ4v) is 1.51. The predicted octanol–water partition coefficient (Wildman–Crippen LogP) is -0.331. The molecule has 0 radical (unpaired) electrons. The van der Waals surface area contributed by atoms with Crippen molar-refractivity contribution in [2.75, 3.05) is 6.54 Å². The average molecular weight is 210 g/mol. The predicted molar refractivity (Wildman–Crippen MR) is 54.9 cm³/mol. The van der Waals surface area contributed by atoms with E-state index in [0.717, 1.165) is 31.5 Å². The number of nitrogens with zero attached hydrogens (tertiary/aromatic N) is 1. The zero-order valence-electron chi connectivity index (χ0n) is 8.85. The van der Waals surface area contributed by atoms with E-state index in [9.17, 15) is 5.11 Å². The quantitative estimate of drug-likeness (QED) is 0.499. The van der Waals surface area contributed by atoms with Gasteiger partial charge in [-0.3, -0.25) is 0 Å². The maximum atomic E-state index is 11.1. The van der Waals surface area contributed by atoms with Gasteiger partial charge in [0.05, 0.1) is 0 Å². The van der Waals surface area contributed by atoms with Crippen molar-refractivity contribution in [1.82, 2.24) is 0 Å². The largest absolute Gasteiger partial charge is 0.868 e. The molecular weight excluding hydrogens is 192 g/mol. The Labute approximate surface area is 90.0 Å². The van der Waals surface area contributed by atoms with Crippen molar-refractivity contribution >= 4 is 0 Å². The number of hydrogen-bond acceptors (Lipinski definition) is 3. The van der Waals surface area contributed by atoms with Crippen LogP contribution in [0.25, 0.3) is 0 Å². The molecule has 0 aromatic carbocycles. The van der Waals surface area contributed by atoms with Crippen molar-refractivity contribution in [3.05, 3.63) is 24.0 Å². The molecule has 1 aromatic rings. The lowest BCUT2D eigenvalue weighted by Crippen LogP contribution is -2.38. The summed E-state index contributed by atoms with van der Waals surface area (Å²) in [5.41, 5.74) is 6.17. The van der Waals surface area contributed by atoms with E-state index in [0.29, 0.717) is 6.54 Å². The molecule has 3 N–H and O–H groups in total. The summed E-state index contributed by atoms with van der Waals surface area (Å²) in [5, 5.41) is 20.2. The van der Waals surface area contributed by atoms with Gasteiger partial charge >= 0.3 is 0 Å². The smallest absolute Gasteiger partial charge is 0.206 e. The number of nitrogens with two attached hydrogens (primary N) is 1. The van der Waals surface area contributed by atoms with Gasteiger partial charge in [0.2, 0.25) is 5.69 Å². The fraction of sp³-hybridized carbons (Fsp3) is 0.545. The average Bonchev–Trinajstić information content (AvgIpc) is 2.25. The summed E-state index contributed by atoms with van der Waals surface area (Å²) >= 11 is 0. The van der Waals surface area contributed by atoms with E-state index in [1.54, 1.807) is 6.07 Å². The van der Waals surface area contributed by atoms with Gasteiger partial charge in [0, 0.05) is 12.5 Å². The molecule has 0 amide bonds. The van der Waals surface area contributed by atoms with E-state index in [1.165, 1.54) is 12.3 Å². The van der Waals surface area contributed by atoms with Gasteiger partial charge in [0.25, 0.3) is 0 Å². The molecule has 15 heavy (non-hydrogen) atoms. The Bertz CT molecular complexity index is 303. The van der Waals surface area contributed by atoms with Gasteiger partial charge in [-0.25, -0.2) is 4.57 Å². The molecule has 0 aliphatic rings. The summed E-state index contributed by atoms with van der Waals surface area (Å²) in [4.78, 5) is 0. The normalized spacial score (nSPS) is 10.5. The first-order valence-electron chi connectivity index (χ1n) is 5.28. The number of aromatic nitrogens is 1. The van der Waals surface area contributed by atoms with Crippen molar-refractivity contribution < 1.29 is 14.8 Å². The van der Waals surface area contributed by atoms with Crippen molar-refractivity contribution in [2.24, 2.45) is 5.73 Å². The number of hydrogen-bond donors (Lipinski definition) is 2. The molecule has 0 saturated carbocycles. The minimum Gasteiger partial charge on any atom is -0.868 e. The molecule has 1 rings (SSSR count). The standard InChI is InChI=1S/C11H18N2O2/c12-6-2-1-3-7-13-8-11(15)5-4-10(13)9-14/h4-5,8,14H,1-3,6-7,9,12H2. The molecule has 0 saturated heterocycles. The monoisotopic (exact) mass is 210 g/mol. The van der Waals surface area contributed by atoms with Crippen LogP contribution in [0.5, 0.6) is 5.75 Å². The highest BCUT2D eigenvalue weighted by atomic mass is 16.3. The molecule has 0 bridgehead atoms. The van der Waals surface area contributed by atoms with Gasteiger partial charge in [-0.05, 0) is 25.1 Å². The van der Waals surface area contributed by atoms with Gasteiger partial charge in [0.1, 0.15) is 13.2 Å². The Kier molecular flexibility index (Phi) is 5.07. The molecule has 0 atom stereocenters. The summed E-state index contributed by atoms with van der Waals surface area (Å²) in [6, 6.07) is 3.15. The van der Waals surface area contributed by atoms with Crippen LogP contribution in [0.15, 0.2) is 18.3 Å². The highest BCUT2D eigenvalue weighted by molar-refractivity contribution is 5.11. The second-order valence-corrected chi connectivity index (χ2v) is 3.56. The topological polar surface area (TPSA) is 73.2 Å². The van der Waals surface area contributed by atoms with Crippen LogP contribution >= 0.6 is 0 Å². The Balaban J connectivity index is 2.54. The van der Waals surface area contributed by atoms with Crippen LogP contribution in [-0.2, 0) is 13.2 Å². The van der Waals surface area contributed by atoms with E-state index in [-0.39, 0.29) is 12.4 Å². The van der Waals surface area contributed by atoms with Gasteiger partial charge < -0.3 is 15.9 Å². The molecule has 1 heterocycles. The Morgan fingerprint density at radius 3 is 2.73 bits per heavy atom. The number of unbranched alkanes of at least 4 members (excludes halogenated alkanes) is 2. The highest BCUT2D eigenvalue weighted by Gasteiger charge is 2.07. The van der Waals surface area contributed by atoms with Gasteiger partial charge in [0.15, 0.2) is 6.20 Å². The molecule has 0 spiro atoms. The first kappa shape index (κ1) is 11.9. The second kappa shape index (κ2) is 6.37. The SMILES string of the molecule is NCCCCC[n+]1cc([O-])ccc1CO. The van der Waals surface area contributed by atoms with Gasteiger partial charge in [-0.2, -0.15) is 0 Å². The Morgan fingerprint density at radius 1 is 1.27 bits per heavy atom. The minimum absolute atomic E-state index is 0.0222. The number of rotatable bonds is 6. The van der Waals surface area contributed by atoms with Crippen LogP contribution < -0.4 is 15.4 Å². The van der Waals surface area contributed by atoms with Crippen molar-refractivity contribution in [3.8, 4) is 5.75 Å². The van der Waals surface area contributed by atoms with Crippen LogP contribution in [0.3, 0.4) is 0 Å². The molecule has 0 aliphatic carbocycles. The zero-order valence-corrected chi connectivity index (χ0v) is 8.85. The lowest BCUT2D eigenvalue weighted by Gasteiger charge is -2.06. The van der Waals surface area contributed by atoms with Crippen LogP contribution in [0, 0.1) is 0 Å². The van der Waals surface area contributed by atoms with E-state index in [2.05, 4.69) is 0 Å². The first-order chi connectivity index (χ1) is 7.27. The summed E-state index contributed by atoms with van der Waals surface area (Å²) in [6.45, 7) is 1.45. The molecule has 1 aromatic heterocycles. The Hall–Kier alpha value is -1.13. The minimum atomic E-state index is -0.0306. The van der Waals surface area contributed by atoms with Crippen molar-refractivity contribution in [1.29, 1.82) is 0 Å². The van der Waals surface area contributed by atoms with Crippen LogP contribution in [0.4, 0.5) is 0 Å². The third-order valence-corrected chi connectivity index (χ3v) is 2.36.